The van der Waals surface area contributed by atoms with Gasteiger partial charge < -0.3 is 5.11 Å². The second kappa shape index (κ2) is 6.75. The zero-order valence-corrected chi connectivity index (χ0v) is 9.85. The number of aliphatic carboxylic acids is 1. The Morgan fingerprint density at radius 2 is 2.20 bits per heavy atom. The monoisotopic (exact) mass is 244 g/mol. The first-order valence-electron chi connectivity index (χ1n) is 4.72. The van der Waals surface area contributed by atoms with E-state index in [2.05, 4.69) is 0 Å². The number of carboxylic acid groups (broad SMARTS) is 1. The molecule has 0 spiro atoms. The number of halogens is 1. The van der Waals surface area contributed by atoms with Crippen molar-refractivity contribution in [2.45, 2.75) is 12.8 Å². The number of carbonyl (C=O) groups is 1. The van der Waals surface area contributed by atoms with E-state index in [-0.39, 0.29) is 6.42 Å². The van der Waals surface area contributed by atoms with Gasteiger partial charge in [0.2, 0.25) is 0 Å². The molecule has 0 fully saturated rings. The summed E-state index contributed by atoms with van der Waals surface area (Å²) in [4.78, 5) is 10.2. The Morgan fingerprint density at radius 3 is 2.87 bits per heavy atom. The summed E-state index contributed by atoms with van der Waals surface area (Å²) in [5.74, 6) is 0.883. The van der Waals surface area contributed by atoms with E-state index in [1.54, 1.807) is 11.8 Å². The Hall–Kier alpha value is -0.670. The average molecular weight is 245 g/mol. The van der Waals surface area contributed by atoms with Gasteiger partial charge in [0.25, 0.3) is 0 Å². The van der Waals surface area contributed by atoms with E-state index in [1.807, 2.05) is 24.3 Å². The summed E-state index contributed by atoms with van der Waals surface area (Å²) in [7, 11) is 0. The van der Waals surface area contributed by atoms with Gasteiger partial charge >= 0.3 is 5.97 Å². The fourth-order valence-electron chi connectivity index (χ4n) is 1.14. The lowest BCUT2D eigenvalue weighted by molar-refractivity contribution is -0.136. The summed E-state index contributed by atoms with van der Waals surface area (Å²) in [6.45, 7) is 0. The van der Waals surface area contributed by atoms with Gasteiger partial charge in [0.15, 0.2) is 0 Å². The van der Waals surface area contributed by atoms with Crippen LogP contribution in [0.3, 0.4) is 0 Å². The lowest BCUT2D eigenvalue weighted by Gasteiger charge is -2.01. The van der Waals surface area contributed by atoms with E-state index in [0.29, 0.717) is 5.75 Å². The van der Waals surface area contributed by atoms with Crippen molar-refractivity contribution in [2.24, 2.45) is 0 Å². The third kappa shape index (κ3) is 5.70. The van der Waals surface area contributed by atoms with Gasteiger partial charge in [-0.1, -0.05) is 23.7 Å². The Kier molecular flexibility index (Phi) is 5.58. The number of benzene rings is 1. The highest BCUT2D eigenvalue weighted by Crippen LogP contribution is 2.13. The summed E-state index contributed by atoms with van der Waals surface area (Å²) in [5.41, 5.74) is 1.20. The topological polar surface area (TPSA) is 37.3 Å². The van der Waals surface area contributed by atoms with E-state index >= 15 is 0 Å². The van der Waals surface area contributed by atoms with E-state index in [9.17, 15) is 4.79 Å². The molecule has 15 heavy (non-hydrogen) atoms. The van der Waals surface area contributed by atoms with Crippen molar-refractivity contribution in [2.75, 3.05) is 11.5 Å². The number of hydrogen-bond donors (Lipinski definition) is 1. The van der Waals surface area contributed by atoms with Gasteiger partial charge in [0.1, 0.15) is 0 Å². The molecule has 0 amide bonds. The Morgan fingerprint density at radius 1 is 1.40 bits per heavy atom. The van der Waals surface area contributed by atoms with E-state index in [0.717, 1.165) is 17.2 Å². The lowest BCUT2D eigenvalue weighted by atomic mass is 10.2. The minimum atomic E-state index is -0.731. The quantitative estimate of drug-likeness (QED) is 0.782. The molecule has 1 rings (SSSR count). The Labute approximate surface area is 98.6 Å². The number of carboxylic acids is 1. The fourth-order valence-corrected chi connectivity index (χ4v) is 2.26. The van der Waals surface area contributed by atoms with Crippen LogP contribution in [0.4, 0.5) is 0 Å². The molecule has 82 valence electrons. The summed E-state index contributed by atoms with van der Waals surface area (Å²) in [6.07, 6.45) is 1.17. The van der Waals surface area contributed by atoms with Crippen molar-refractivity contribution in [3.05, 3.63) is 34.9 Å². The van der Waals surface area contributed by atoms with Crippen molar-refractivity contribution < 1.29 is 9.90 Å². The smallest absolute Gasteiger partial charge is 0.304 e. The third-order valence-electron chi connectivity index (χ3n) is 1.88. The molecule has 0 bridgehead atoms. The maximum Gasteiger partial charge on any atom is 0.304 e. The molecule has 2 nitrogen and oxygen atoms in total. The van der Waals surface area contributed by atoms with Gasteiger partial charge in [-0.2, -0.15) is 11.8 Å². The van der Waals surface area contributed by atoms with E-state index in [1.165, 1.54) is 5.56 Å². The predicted molar refractivity (Wildman–Crippen MR) is 64.7 cm³/mol. The number of rotatable bonds is 6. The van der Waals surface area contributed by atoms with Crippen LogP contribution in [-0.4, -0.2) is 22.6 Å². The van der Waals surface area contributed by atoms with Crippen molar-refractivity contribution in [1.82, 2.24) is 0 Å². The van der Waals surface area contributed by atoms with Crippen LogP contribution in [0.2, 0.25) is 5.02 Å². The van der Waals surface area contributed by atoms with Crippen LogP contribution in [0.5, 0.6) is 0 Å². The minimum Gasteiger partial charge on any atom is -0.481 e. The number of aryl methyl sites for hydroxylation is 1. The zero-order valence-electron chi connectivity index (χ0n) is 8.28. The molecule has 0 heterocycles. The SMILES string of the molecule is O=C(O)CCSCCc1cccc(Cl)c1. The Balaban J connectivity index is 2.17. The normalized spacial score (nSPS) is 10.2. The molecule has 0 atom stereocenters. The maximum atomic E-state index is 10.2. The molecule has 0 aliphatic carbocycles. The summed E-state index contributed by atoms with van der Waals surface area (Å²) in [5, 5.41) is 9.19. The first-order chi connectivity index (χ1) is 7.18. The van der Waals surface area contributed by atoms with Crippen LogP contribution in [-0.2, 0) is 11.2 Å². The lowest BCUT2D eigenvalue weighted by Crippen LogP contribution is -1.97. The standard InChI is InChI=1S/C11H13ClO2S/c12-10-3-1-2-9(8-10)4-6-15-7-5-11(13)14/h1-3,8H,4-7H2,(H,13,14). The predicted octanol–water partition coefficient (Wildman–Crippen LogP) is 3.09. The first kappa shape index (κ1) is 12.4. The second-order valence-corrected chi connectivity index (χ2v) is 4.80. The van der Waals surface area contributed by atoms with Crippen LogP contribution in [0.25, 0.3) is 0 Å². The van der Waals surface area contributed by atoms with Crippen LogP contribution < -0.4 is 0 Å². The molecule has 1 aromatic rings. The van der Waals surface area contributed by atoms with Gasteiger partial charge in [-0.3, -0.25) is 4.79 Å². The van der Waals surface area contributed by atoms with Crippen molar-refractivity contribution in [3.63, 3.8) is 0 Å². The average Bonchev–Trinajstić information content (AvgIpc) is 2.17. The van der Waals surface area contributed by atoms with Crippen molar-refractivity contribution in [3.8, 4) is 0 Å². The minimum absolute atomic E-state index is 0.236. The molecular weight excluding hydrogens is 232 g/mol. The Bertz CT molecular complexity index is 328. The molecular formula is C11H13ClO2S. The van der Waals surface area contributed by atoms with Gasteiger partial charge in [0.05, 0.1) is 6.42 Å². The number of thioether (sulfide) groups is 1. The number of hydrogen-bond acceptors (Lipinski definition) is 2. The van der Waals surface area contributed by atoms with Crippen LogP contribution >= 0.6 is 23.4 Å². The van der Waals surface area contributed by atoms with E-state index < -0.39 is 5.97 Å². The summed E-state index contributed by atoms with van der Waals surface area (Å²) in [6, 6.07) is 7.76. The van der Waals surface area contributed by atoms with Crippen molar-refractivity contribution >= 4 is 29.3 Å². The second-order valence-electron chi connectivity index (χ2n) is 3.14. The van der Waals surface area contributed by atoms with Gasteiger partial charge in [-0.25, -0.2) is 0 Å². The zero-order chi connectivity index (χ0) is 11.1. The molecule has 0 saturated carbocycles. The third-order valence-corrected chi connectivity index (χ3v) is 3.11. The van der Waals surface area contributed by atoms with Crippen LogP contribution in [0.15, 0.2) is 24.3 Å². The molecule has 0 aliphatic rings. The molecule has 0 unspecified atom stereocenters. The maximum absolute atomic E-state index is 10.2. The fraction of sp³-hybridized carbons (Fsp3) is 0.364. The summed E-state index contributed by atoms with van der Waals surface area (Å²) < 4.78 is 0. The molecule has 4 heteroatoms. The van der Waals surface area contributed by atoms with Crippen LogP contribution in [0.1, 0.15) is 12.0 Å². The van der Waals surface area contributed by atoms with E-state index in [4.69, 9.17) is 16.7 Å². The summed E-state index contributed by atoms with van der Waals surface area (Å²) >= 11 is 7.50. The largest absolute Gasteiger partial charge is 0.481 e. The molecule has 0 radical (unpaired) electrons. The first-order valence-corrected chi connectivity index (χ1v) is 6.26. The van der Waals surface area contributed by atoms with Gasteiger partial charge in [-0.05, 0) is 29.9 Å². The van der Waals surface area contributed by atoms with Crippen molar-refractivity contribution in [1.29, 1.82) is 0 Å². The molecule has 0 saturated heterocycles. The highest BCUT2D eigenvalue weighted by atomic mass is 35.5. The molecule has 1 aromatic carbocycles. The van der Waals surface area contributed by atoms with Gasteiger partial charge in [0, 0.05) is 10.8 Å². The molecule has 0 aliphatic heterocycles. The highest BCUT2D eigenvalue weighted by molar-refractivity contribution is 7.99. The van der Waals surface area contributed by atoms with Crippen LogP contribution in [0, 0.1) is 0 Å². The highest BCUT2D eigenvalue weighted by Gasteiger charge is 1.98. The van der Waals surface area contributed by atoms with Gasteiger partial charge in [-0.15, -0.1) is 0 Å². The molecule has 0 aromatic heterocycles. The molecule has 1 N–H and O–H groups in total.